The zero-order valence-electron chi connectivity index (χ0n) is 17.4. The molecule has 2 aromatic carbocycles. The summed E-state index contributed by atoms with van der Waals surface area (Å²) in [4.78, 5) is 48.8. The Morgan fingerprint density at radius 3 is 1.97 bits per heavy atom. The van der Waals surface area contributed by atoms with Crippen molar-refractivity contribution in [3.8, 4) is 0 Å². The fraction of sp³-hybridized carbons (Fsp3) is 0.238. The van der Waals surface area contributed by atoms with Crippen LogP contribution in [0.2, 0.25) is 0 Å². The Kier molecular flexibility index (Phi) is 6.20. The molecule has 0 saturated carbocycles. The van der Waals surface area contributed by atoms with E-state index in [1.807, 2.05) is 0 Å². The Labute approximate surface area is 194 Å². The zero-order valence-corrected chi connectivity index (χ0v) is 19.0. The van der Waals surface area contributed by atoms with E-state index in [1.54, 1.807) is 0 Å². The molecule has 2 aromatic rings. The van der Waals surface area contributed by atoms with Crippen molar-refractivity contribution in [3.05, 3.63) is 59.7 Å². The maximum absolute atomic E-state index is 12.5. The van der Waals surface area contributed by atoms with E-state index >= 15 is 0 Å². The number of benzene rings is 2. The van der Waals surface area contributed by atoms with Crippen LogP contribution < -0.4 is 0 Å². The predicted octanol–water partition coefficient (Wildman–Crippen LogP) is -0.00120. The second-order valence-electron chi connectivity index (χ2n) is 7.32. The van der Waals surface area contributed by atoms with Crippen LogP contribution in [-0.2, 0) is 38.9 Å². The van der Waals surface area contributed by atoms with E-state index in [0.29, 0.717) is 0 Å². The highest BCUT2D eigenvalue weighted by Gasteiger charge is 2.48. The molecule has 0 bridgehead atoms. The molecule has 11 nitrogen and oxygen atoms in total. The number of imide groups is 1. The van der Waals surface area contributed by atoms with Gasteiger partial charge in [-0.3, -0.25) is 19.2 Å². The lowest BCUT2D eigenvalue weighted by molar-refractivity contribution is -0.131. The van der Waals surface area contributed by atoms with Gasteiger partial charge in [-0.05, 0) is 18.2 Å². The highest BCUT2D eigenvalue weighted by Crippen LogP contribution is 2.32. The largest absolute Gasteiger partial charge is 0.371 e. The number of nitrogens with zero attached hydrogens (tertiary/aromatic N) is 1. The third-order valence-corrected chi connectivity index (χ3v) is 9.02. The van der Waals surface area contributed by atoms with E-state index in [1.165, 1.54) is 48.5 Å². The molecule has 34 heavy (non-hydrogen) atoms. The molecular weight excluding hydrogens is 490 g/mol. The van der Waals surface area contributed by atoms with Gasteiger partial charge < -0.3 is 9.47 Å². The minimum atomic E-state index is -4.31. The van der Waals surface area contributed by atoms with E-state index in [4.69, 9.17) is 9.47 Å². The van der Waals surface area contributed by atoms with Gasteiger partial charge in [0.15, 0.2) is 26.7 Å². The molecule has 0 aromatic heterocycles. The molecule has 1 unspecified atom stereocenters. The third kappa shape index (κ3) is 3.86. The van der Waals surface area contributed by atoms with Gasteiger partial charge in [0, 0.05) is 5.56 Å². The average Bonchev–Trinajstić information content (AvgIpc) is 3.14. The molecule has 1 atom stereocenters. The first-order chi connectivity index (χ1) is 16.1. The van der Waals surface area contributed by atoms with Crippen molar-refractivity contribution in [3.63, 3.8) is 0 Å². The van der Waals surface area contributed by atoms with Crippen LogP contribution in [0.4, 0.5) is 0 Å². The summed E-state index contributed by atoms with van der Waals surface area (Å²) in [5, 5.41) is -1.87. The van der Waals surface area contributed by atoms with Crippen molar-refractivity contribution in [2.45, 2.75) is 15.0 Å². The van der Waals surface area contributed by atoms with Crippen LogP contribution in [0.3, 0.4) is 0 Å². The first-order valence-corrected chi connectivity index (χ1v) is 12.8. The van der Waals surface area contributed by atoms with Crippen molar-refractivity contribution in [2.24, 2.45) is 0 Å². The smallest absolute Gasteiger partial charge is 0.276 e. The highest BCUT2D eigenvalue weighted by molar-refractivity contribution is 7.94. The number of carbonyl (C=O) groups is 4. The summed E-state index contributed by atoms with van der Waals surface area (Å²) in [5.74, 6) is -3.83. The number of sulfonamides is 1. The summed E-state index contributed by atoms with van der Waals surface area (Å²) in [6, 6.07) is 10.9. The van der Waals surface area contributed by atoms with E-state index in [2.05, 4.69) is 0 Å². The van der Waals surface area contributed by atoms with E-state index in [-0.39, 0.29) is 38.4 Å². The van der Waals surface area contributed by atoms with Gasteiger partial charge in [-0.25, -0.2) is 16.8 Å². The Morgan fingerprint density at radius 2 is 1.35 bits per heavy atom. The predicted molar refractivity (Wildman–Crippen MR) is 113 cm³/mol. The molecular formula is C21H17NO10S2. The van der Waals surface area contributed by atoms with Gasteiger partial charge >= 0.3 is 0 Å². The topological polar surface area (TPSA) is 158 Å². The molecule has 0 N–H and O–H groups in total. The summed E-state index contributed by atoms with van der Waals surface area (Å²) >= 11 is 0. The van der Waals surface area contributed by atoms with Crippen molar-refractivity contribution < 1.29 is 45.5 Å². The highest BCUT2D eigenvalue weighted by atomic mass is 32.2. The summed E-state index contributed by atoms with van der Waals surface area (Å²) in [7, 11) is -8.46. The van der Waals surface area contributed by atoms with Gasteiger partial charge in [0.05, 0.1) is 23.7 Å². The lowest BCUT2D eigenvalue weighted by Crippen LogP contribution is -2.39. The molecule has 2 aliphatic heterocycles. The number of fused-ring (bicyclic) bond motifs is 2. The first kappa shape index (κ1) is 23.9. The number of hydrogen-bond acceptors (Lipinski definition) is 10. The molecule has 0 saturated heterocycles. The quantitative estimate of drug-likeness (QED) is 0.352. The standard InChI is InChI=1S/C21H17NO10S2/c23-15(20-19(25)13-5-1-3-7-16(13)33(20,27)28)11-31-9-10-32-12-18(24)22-21(26)14-6-2-4-8-17(14)34(22,29)30/h1-8,20H,9-12H2. The molecule has 13 heteroatoms. The van der Waals surface area contributed by atoms with Crippen LogP contribution in [0.1, 0.15) is 20.7 Å². The number of hydrogen-bond donors (Lipinski definition) is 0. The Hall–Kier alpha value is -3.26. The lowest BCUT2D eigenvalue weighted by atomic mass is 10.1. The number of ether oxygens (including phenoxy) is 2. The van der Waals surface area contributed by atoms with Crippen LogP contribution in [0, 0.1) is 0 Å². The van der Waals surface area contributed by atoms with Crippen LogP contribution in [0.15, 0.2) is 58.3 Å². The van der Waals surface area contributed by atoms with Gasteiger partial charge in [-0.1, -0.05) is 30.3 Å². The van der Waals surface area contributed by atoms with Crippen molar-refractivity contribution in [1.29, 1.82) is 0 Å². The van der Waals surface area contributed by atoms with Crippen LogP contribution in [-0.4, -0.2) is 76.2 Å². The molecule has 2 heterocycles. The number of amides is 2. The second kappa shape index (κ2) is 8.83. The monoisotopic (exact) mass is 507 g/mol. The van der Waals surface area contributed by atoms with Crippen LogP contribution in [0.5, 0.6) is 0 Å². The molecule has 178 valence electrons. The van der Waals surface area contributed by atoms with E-state index in [0.717, 1.165) is 0 Å². The Morgan fingerprint density at radius 1 is 0.794 bits per heavy atom. The fourth-order valence-electron chi connectivity index (χ4n) is 3.66. The average molecular weight is 507 g/mol. The molecule has 2 aliphatic rings. The van der Waals surface area contributed by atoms with Crippen LogP contribution in [0.25, 0.3) is 0 Å². The normalized spacial score (nSPS) is 19.6. The number of rotatable bonds is 8. The van der Waals surface area contributed by atoms with E-state index < -0.39 is 61.7 Å². The van der Waals surface area contributed by atoms with Gasteiger partial charge in [0.25, 0.3) is 21.8 Å². The van der Waals surface area contributed by atoms with Crippen LogP contribution >= 0.6 is 0 Å². The summed E-state index contributed by atoms with van der Waals surface area (Å²) < 4.78 is 60.1. The molecule has 2 amide bonds. The SMILES string of the molecule is O=C(COCCOCC(=O)N1C(=O)c2ccccc2S1(=O)=O)C1C(=O)c2ccccc2S1(=O)=O. The van der Waals surface area contributed by atoms with E-state index in [9.17, 15) is 36.0 Å². The number of sulfone groups is 1. The lowest BCUT2D eigenvalue weighted by Gasteiger charge is -2.13. The van der Waals surface area contributed by atoms with Gasteiger partial charge in [0.2, 0.25) is 0 Å². The maximum Gasteiger partial charge on any atom is 0.276 e. The number of carbonyl (C=O) groups excluding carboxylic acids is 4. The molecule has 0 aliphatic carbocycles. The van der Waals surface area contributed by atoms with Crippen molar-refractivity contribution in [2.75, 3.05) is 26.4 Å². The molecule has 0 fully saturated rings. The maximum atomic E-state index is 12.5. The Bertz CT molecular complexity index is 1320. The summed E-state index contributed by atoms with van der Waals surface area (Å²) in [6.45, 7) is -1.95. The van der Waals surface area contributed by atoms with Gasteiger partial charge in [-0.15, -0.1) is 0 Å². The minimum absolute atomic E-state index is 0.0451. The third-order valence-electron chi connectivity index (χ3n) is 5.19. The summed E-state index contributed by atoms with van der Waals surface area (Å²) in [6.07, 6.45) is 0. The zero-order chi connectivity index (χ0) is 24.7. The van der Waals surface area contributed by atoms with Crippen molar-refractivity contribution in [1.82, 2.24) is 4.31 Å². The number of Topliss-reactive ketones (excluding diaryl/α,β-unsaturated/α-hetero) is 2. The molecule has 0 spiro atoms. The van der Waals surface area contributed by atoms with Crippen molar-refractivity contribution >= 4 is 43.2 Å². The Balaban J connectivity index is 1.26. The molecule has 4 rings (SSSR count). The fourth-order valence-corrected chi connectivity index (χ4v) is 7.00. The van der Waals surface area contributed by atoms with Gasteiger partial charge in [0.1, 0.15) is 18.1 Å². The van der Waals surface area contributed by atoms with Gasteiger partial charge in [-0.2, -0.15) is 4.31 Å². The molecule has 0 radical (unpaired) electrons. The minimum Gasteiger partial charge on any atom is -0.371 e. The number of ketones is 2. The second-order valence-corrected chi connectivity index (χ2v) is 11.1. The first-order valence-electron chi connectivity index (χ1n) is 9.85. The summed E-state index contributed by atoms with van der Waals surface area (Å²) in [5.41, 5.74) is -0.160.